The fourth-order valence-electron chi connectivity index (χ4n) is 1.38. The molecular weight excluding hydrogens is 170 g/mol. The molecule has 0 aromatic heterocycles. The third-order valence-electron chi connectivity index (χ3n) is 1.91. The highest BCUT2D eigenvalue weighted by Crippen LogP contribution is 2.12. The van der Waals surface area contributed by atoms with Crippen LogP contribution in [-0.4, -0.2) is 11.3 Å². The van der Waals surface area contributed by atoms with Gasteiger partial charge in [-0.3, -0.25) is 4.99 Å². The lowest BCUT2D eigenvalue weighted by Gasteiger charge is -2.15. The van der Waals surface area contributed by atoms with Crippen LogP contribution in [0.4, 0.5) is 0 Å². The van der Waals surface area contributed by atoms with E-state index in [0.29, 0.717) is 0 Å². The molecule has 0 unspecified atom stereocenters. The zero-order valence-electron chi connectivity index (χ0n) is 9.54. The first kappa shape index (κ1) is 11.0. The lowest BCUT2D eigenvalue weighted by Crippen LogP contribution is -2.14. The minimum Gasteiger partial charge on any atom is -0.283 e. The lowest BCUT2D eigenvalue weighted by molar-refractivity contribution is 0.582. The second-order valence-electron chi connectivity index (χ2n) is 4.45. The van der Waals surface area contributed by atoms with Crippen molar-refractivity contribution in [3.8, 4) is 0 Å². The van der Waals surface area contributed by atoms with Crippen molar-refractivity contribution >= 4 is 5.71 Å². The molecule has 0 aliphatic heterocycles. The van der Waals surface area contributed by atoms with Gasteiger partial charge in [0.25, 0.3) is 0 Å². The summed E-state index contributed by atoms with van der Waals surface area (Å²) in [6, 6.07) is 10.4. The van der Waals surface area contributed by atoms with Crippen molar-refractivity contribution in [2.24, 2.45) is 4.99 Å². The Hall–Kier alpha value is -1.11. The zero-order chi connectivity index (χ0) is 10.6. The van der Waals surface area contributed by atoms with E-state index in [1.54, 1.807) is 0 Å². The number of rotatable bonds is 2. The van der Waals surface area contributed by atoms with Gasteiger partial charge in [-0.05, 0) is 32.8 Å². The van der Waals surface area contributed by atoms with Crippen molar-refractivity contribution in [1.82, 2.24) is 0 Å². The predicted molar refractivity (Wildman–Crippen MR) is 63.0 cm³/mol. The maximum atomic E-state index is 4.71. The molecule has 0 saturated heterocycles. The SMILES string of the molecule is CCC(=NC(C)(C)C)c1ccccc1. The Morgan fingerprint density at radius 1 is 1.14 bits per heavy atom. The van der Waals surface area contributed by atoms with E-state index in [0.717, 1.165) is 6.42 Å². The van der Waals surface area contributed by atoms with Crippen LogP contribution in [0.1, 0.15) is 39.7 Å². The predicted octanol–water partition coefficient (Wildman–Crippen LogP) is 3.68. The van der Waals surface area contributed by atoms with Gasteiger partial charge in [-0.25, -0.2) is 0 Å². The monoisotopic (exact) mass is 189 g/mol. The van der Waals surface area contributed by atoms with Crippen LogP contribution in [0.15, 0.2) is 35.3 Å². The van der Waals surface area contributed by atoms with Crippen LogP contribution in [0, 0.1) is 0 Å². The summed E-state index contributed by atoms with van der Waals surface area (Å²) in [6.45, 7) is 8.54. The minimum atomic E-state index is 0.0151. The Labute approximate surface area is 86.9 Å². The molecule has 0 N–H and O–H groups in total. The molecule has 1 aromatic rings. The van der Waals surface area contributed by atoms with Crippen LogP contribution in [-0.2, 0) is 0 Å². The molecule has 0 bridgehead atoms. The van der Waals surface area contributed by atoms with Gasteiger partial charge >= 0.3 is 0 Å². The van der Waals surface area contributed by atoms with Crippen LogP contribution >= 0.6 is 0 Å². The molecule has 0 heterocycles. The van der Waals surface area contributed by atoms with E-state index >= 15 is 0 Å². The Morgan fingerprint density at radius 2 is 1.71 bits per heavy atom. The number of benzene rings is 1. The van der Waals surface area contributed by atoms with E-state index in [9.17, 15) is 0 Å². The van der Waals surface area contributed by atoms with Gasteiger partial charge in [0.05, 0.1) is 5.54 Å². The van der Waals surface area contributed by atoms with E-state index in [2.05, 4.69) is 52.0 Å². The van der Waals surface area contributed by atoms with Gasteiger partial charge < -0.3 is 0 Å². The Kier molecular flexibility index (Phi) is 3.45. The summed E-state index contributed by atoms with van der Waals surface area (Å²) in [4.78, 5) is 4.71. The highest BCUT2D eigenvalue weighted by Gasteiger charge is 2.09. The fourth-order valence-corrected chi connectivity index (χ4v) is 1.38. The first-order chi connectivity index (χ1) is 6.53. The topological polar surface area (TPSA) is 12.4 Å². The molecule has 0 amide bonds. The molecule has 0 spiro atoms. The molecule has 0 radical (unpaired) electrons. The molecule has 1 nitrogen and oxygen atoms in total. The van der Waals surface area contributed by atoms with E-state index in [4.69, 9.17) is 4.99 Å². The van der Waals surface area contributed by atoms with E-state index in [-0.39, 0.29) is 5.54 Å². The van der Waals surface area contributed by atoms with Crippen molar-refractivity contribution in [3.63, 3.8) is 0 Å². The standard InChI is InChI=1S/C13H19N/c1-5-12(14-13(2,3)4)11-9-7-6-8-10-11/h6-10H,5H2,1-4H3. The minimum absolute atomic E-state index is 0.0151. The molecule has 14 heavy (non-hydrogen) atoms. The fraction of sp³-hybridized carbons (Fsp3) is 0.462. The summed E-state index contributed by atoms with van der Waals surface area (Å²) in [5.74, 6) is 0. The lowest BCUT2D eigenvalue weighted by atomic mass is 10.1. The Morgan fingerprint density at radius 3 is 2.14 bits per heavy atom. The summed E-state index contributed by atoms with van der Waals surface area (Å²) in [5.41, 5.74) is 2.45. The molecule has 0 aliphatic rings. The second kappa shape index (κ2) is 4.41. The van der Waals surface area contributed by atoms with Gasteiger partial charge in [-0.15, -0.1) is 0 Å². The summed E-state index contributed by atoms with van der Waals surface area (Å²) < 4.78 is 0. The molecular formula is C13H19N. The van der Waals surface area contributed by atoms with E-state index in [1.165, 1.54) is 11.3 Å². The first-order valence-electron chi connectivity index (χ1n) is 5.17. The molecule has 76 valence electrons. The van der Waals surface area contributed by atoms with Crippen molar-refractivity contribution in [2.45, 2.75) is 39.7 Å². The van der Waals surface area contributed by atoms with Gasteiger partial charge in [0.1, 0.15) is 0 Å². The first-order valence-corrected chi connectivity index (χ1v) is 5.17. The van der Waals surface area contributed by atoms with Gasteiger partial charge in [0.15, 0.2) is 0 Å². The normalized spacial score (nSPS) is 13.0. The van der Waals surface area contributed by atoms with Gasteiger partial charge in [-0.2, -0.15) is 0 Å². The molecule has 1 aromatic carbocycles. The van der Waals surface area contributed by atoms with E-state index in [1.807, 2.05) is 6.07 Å². The van der Waals surface area contributed by atoms with E-state index < -0.39 is 0 Å². The summed E-state index contributed by atoms with van der Waals surface area (Å²) in [6.07, 6.45) is 0.987. The summed E-state index contributed by atoms with van der Waals surface area (Å²) >= 11 is 0. The van der Waals surface area contributed by atoms with Crippen molar-refractivity contribution in [3.05, 3.63) is 35.9 Å². The maximum absolute atomic E-state index is 4.71. The maximum Gasteiger partial charge on any atom is 0.0527 e. The van der Waals surface area contributed by atoms with Gasteiger partial charge in [0.2, 0.25) is 0 Å². The quantitative estimate of drug-likeness (QED) is 0.629. The number of nitrogens with zero attached hydrogens (tertiary/aromatic N) is 1. The molecule has 1 heteroatoms. The number of hydrogen-bond donors (Lipinski definition) is 0. The van der Waals surface area contributed by atoms with Crippen molar-refractivity contribution < 1.29 is 0 Å². The molecule has 0 aliphatic carbocycles. The molecule has 0 saturated carbocycles. The van der Waals surface area contributed by atoms with Crippen LogP contribution in [0.25, 0.3) is 0 Å². The molecule has 0 fully saturated rings. The molecule has 0 atom stereocenters. The van der Waals surface area contributed by atoms with Crippen LogP contribution in [0.3, 0.4) is 0 Å². The summed E-state index contributed by atoms with van der Waals surface area (Å²) in [5, 5.41) is 0. The van der Waals surface area contributed by atoms with Crippen LogP contribution in [0.2, 0.25) is 0 Å². The van der Waals surface area contributed by atoms with Crippen molar-refractivity contribution in [2.75, 3.05) is 0 Å². The third-order valence-corrected chi connectivity index (χ3v) is 1.91. The summed E-state index contributed by atoms with van der Waals surface area (Å²) in [7, 11) is 0. The largest absolute Gasteiger partial charge is 0.283 e. The number of hydrogen-bond acceptors (Lipinski definition) is 1. The Bertz CT molecular complexity index is 304. The average Bonchev–Trinajstić information content (AvgIpc) is 2.14. The number of aliphatic imine (C=N–C) groups is 1. The van der Waals surface area contributed by atoms with Gasteiger partial charge in [0, 0.05) is 5.71 Å². The van der Waals surface area contributed by atoms with Gasteiger partial charge in [-0.1, -0.05) is 37.3 Å². The highest BCUT2D eigenvalue weighted by atomic mass is 14.8. The van der Waals surface area contributed by atoms with Crippen LogP contribution in [0.5, 0.6) is 0 Å². The second-order valence-corrected chi connectivity index (χ2v) is 4.45. The smallest absolute Gasteiger partial charge is 0.0527 e. The Balaban J connectivity index is 3.00. The zero-order valence-corrected chi connectivity index (χ0v) is 9.54. The highest BCUT2D eigenvalue weighted by molar-refractivity contribution is 6.00. The third kappa shape index (κ3) is 3.33. The van der Waals surface area contributed by atoms with Crippen molar-refractivity contribution in [1.29, 1.82) is 0 Å². The average molecular weight is 189 g/mol. The molecule has 1 rings (SSSR count). The van der Waals surface area contributed by atoms with Crippen LogP contribution < -0.4 is 0 Å².